The first kappa shape index (κ1) is 15.1. The summed E-state index contributed by atoms with van der Waals surface area (Å²) in [7, 11) is 0. The normalized spacial score (nSPS) is 10.4. The average Bonchev–Trinajstić information content (AvgIpc) is 2.92. The standard InChI is InChI=1S/C14H11IN2OS2/c15-10-3-5-11(6-4-10)16-14(19)17-13(18)8-7-12-2-1-9-20-12/h1-9H,(H2,16,17,18,19)/b8-7+. The molecule has 0 saturated heterocycles. The van der Waals surface area contributed by atoms with E-state index in [1.165, 1.54) is 6.08 Å². The monoisotopic (exact) mass is 414 g/mol. The van der Waals surface area contributed by atoms with Gasteiger partial charge in [-0.1, -0.05) is 6.07 Å². The van der Waals surface area contributed by atoms with E-state index in [9.17, 15) is 4.79 Å². The van der Waals surface area contributed by atoms with E-state index in [1.807, 2.05) is 41.8 Å². The van der Waals surface area contributed by atoms with Crippen LogP contribution in [0.15, 0.2) is 47.9 Å². The van der Waals surface area contributed by atoms with Crippen molar-refractivity contribution in [1.29, 1.82) is 0 Å². The minimum Gasteiger partial charge on any atom is -0.332 e. The molecule has 1 aromatic carbocycles. The van der Waals surface area contributed by atoms with Gasteiger partial charge in [0.25, 0.3) is 0 Å². The van der Waals surface area contributed by atoms with Gasteiger partial charge < -0.3 is 5.32 Å². The Kier molecular flexibility index (Phi) is 5.69. The van der Waals surface area contributed by atoms with Crippen LogP contribution in [0.3, 0.4) is 0 Å². The Morgan fingerprint density at radius 3 is 2.65 bits per heavy atom. The second-order valence-corrected chi connectivity index (χ2v) is 6.43. The molecule has 0 bridgehead atoms. The molecule has 0 unspecified atom stereocenters. The Morgan fingerprint density at radius 2 is 2.00 bits per heavy atom. The van der Waals surface area contributed by atoms with Crippen LogP contribution >= 0.6 is 46.1 Å². The third-order valence-corrected chi connectivity index (χ3v) is 4.04. The van der Waals surface area contributed by atoms with Gasteiger partial charge in [0.15, 0.2) is 5.11 Å². The van der Waals surface area contributed by atoms with Crippen LogP contribution in [0.1, 0.15) is 4.88 Å². The lowest BCUT2D eigenvalue weighted by atomic mass is 10.3. The van der Waals surface area contributed by atoms with Crippen molar-refractivity contribution in [2.75, 3.05) is 5.32 Å². The minimum absolute atomic E-state index is 0.249. The number of amides is 1. The van der Waals surface area contributed by atoms with E-state index in [4.69, 9.17) is 12.2 Å². The number of thiocarbonyl (C=S) groups is 1. The van der Waals surface area contributed by atoms with Gasteiger partial charge in [0.2, 0.25) is 5.91 Å². The highest BCUT2D eigenvalue weighted by atomic mass is 127. The van der Waals surface area contributed by atoms with Gasteiger partial charge in [-0.05, 0) is 76.6 Å². The first-order valence-corrected chi connectivity index (χ1v) is 8.09. The van der Waals surface area contributed by atoms with Gasteiger partial charge in [-0.15, -0.1) is 11.3 Å². The van der Waals surface area contributed by atoms with E-state index in [0.29, 0.717) is 0 Å². The van der Waals surface area contributed by atoms with Crippen LogP contribution in [0.25, 0.3) is 6.08 Å². The molecule has 0 spiro atoms. The van der Waals surface area contributed by atoms with Crippen LogP contribution in [0.5, 0.6) is 0 Å². The molecule has 3 nitrogen and oxygen atoms in total. The van der Waals surface area contributed by atoms with Crippen molar-refractivity contribution in [3.05, 3.63) is 56.3 Å². The second kappa shape index (κ2) is 7.51. The van der Waals surface area contributed by atoms with E-state index >= 15 is 0 Å². The molecule has 0 atom stereocenters. The summed E-state index contributed by atoms with van der Waals surface area (Å²) >= 11 is 8.88. The quantitative estimate of drug-likeness (QED) is 0.455. The maximum Gasteiger partial charge on any atom is 0.250 e. The Morgan fingerprint density at radius 1 is 1.25 bits per heavy atom. The lowest BCUT2D eigenvalue weighted by molar-refractivity contribution is -0.115. The Hall–Kier alpha value is -1.25. The van der Waals surface area contributed by atoms with Crippen LogP contribution in [0.2, 0.25) is 0 Å². The van der Waals surface area contributed by atoms with Crippen LogP contribution in [-0.2, 0) is 4.79 Å². The zero-order valence-corrected chi connectivity index (χ0v) is 14.1. The summed E-state index contributed by atoms with van der Waals surface area (Å²) in [4.78, 5) is 12.7. The molecule has 2 rings (SSSR count). The molecule has 2 N–H and O–H groups in total. The minimum atomic E-state index is -0.249. The topological polar surface area (TPSA) is 41.1 Å². The molecule has 1 heterocycles. The third kappa shape index (κ3) is 5.03. The molecule has 20 heavy (non-hydrogen) atoms. The van der Waals surface area contributed by atoms with Crippen molar-refractivity contribution in [3.63, 3.8) is 0 Å². The van der Waals surface area contributed by atoms with Gasteiger partial charge in [-0.3, -0.25) is 10.1 Å². The van der Waals surface area contributed by atoms with Crippen LogP contribution in [0.4, 0.5) is 5.69 Å². The summed E-state index contributed by atoms with van der Waals surface area (Å²) in [6.07, 6.45) is 3.22. The predicted octanol–water partition coefficient (Wildman–Crippen LogP) is 3.88. The number of rotatable bonds is 3. The molecule has 2 aromatic rings. The summed E-state index contributed by atoms with van der Waals surface area (Å²) < 4.78 is 1.14. The average molecular weight is 414 g/mol. The number of thiophene rings is 1. The highest BCUT2D eigenvalue weighted by Crippen LogP contribution is 2.11. The van der Waals surface area contributed by atoms with Crippen LogP contribution < -0.4 is 10.6 Å². The summed E-state index contributed by atoms with van der Waals surface area (Å²) in [5, 5.41) is 7.80. The summed E-state index contributed by atoms with van der Waals surface area (Å²) in [6.45, 7) is 0. The lowest BCUT2D eigenvalue weighted by Crippen LogP contribution is -2.32. The van der Waals surface area contributed by atoms with E-state index in [2.05, 4.69) is 33.2 Å². The molecule has 0 saturated carbocycles. The smallest absolute Gasteiger partial charge is 0.250 e. The van der Waals surface area contributed by atoms with Crippen molar-refractivity contribution in [2.45, 2.75) is 0 Å². The molecule has 102 valence electrons. The number of carbonyl (C=O) groups is 1. The fraction of sp³-hybridized carbons (Fsp3) is 0. The zero-order chi connectivity index (χ0) is 14.4. The molecular weight excluding hydrogens is 403 g/mol. The van der Waals surface area contributed by atoms with Gasteiger partial charge in [-0.2, -0.15) is 0 Å². The predicted molar refractivity (Wildman–Crippen MR) is 96.9 cm³/mol. The van der Waals surface area contributed by atoms with Gasteiger partial charge in [0, 0.05) is 20.2 Å². The van der Waals surface area contributed by atoms with E-state index in [0.717, 1.165) is 14.1 Å². The fourth-order valence-corrected chi connectivity index (χ4v) is 2.59. The first-order valence-electron chi connectivity index (χ1n) is 5.72. The Balaban J connectivity index is 1.85. The van der Waals surface area contributed by atoms with E-state index in [1.54, 1.807) is 17.4 Å². The highest BCUT2D eigenvalue weighted by Gasteiger charge is 2.01. The number of nitrogens with one attached hydrogen (secondary N) is 2. The molecule has 6 heteroatoms. The van der Waals surface area contributed by atoms with Gasteiger partial charge in [-0.25, -0.2) is 0 Å². The molecule has 0 radical (unpaired) electrons. The maximum absolute atomic E-state index is 11.7. The number of anilines is 1. The Bertz CT molecular complexity index is 621. The number of hydrogen-bond acceptors (Lipinski definition) is 3. The largest absolute Gasteiger partial charge is 0.332 e. The van der Waals surface area contributed by atoms with E-state index < -0.39 is 0 Å². The number of benzene rings is 1. The van der Waals surface area contributed by atoms with Gasteiger partial charge in [0.1, 0.15) is 0 Å². The highest BCUT2D eigenvalue weighted by molar-refractivity contribution is 14.1. The molecule has 1 amide bonds. The van der Waals surface area contributed by atoms with Crippen LogP contribution in [-0.4, -0.2) is 11.0 Å². The van der Waals surface area contributed by atoms with Gasteiger partial charge >= 0.3 is 0 Å². The molecule has 1 aromatic heterocycles. The number of carbonyl (C=O) groups excluding carboxylic acids is 1. The number of hydrogen-bond donors (Lipinski definition) is 2. The summed E-state index contributed by atoms with van der Waals surface area (Å²) in [5.41, 5.74) is 0.845. The van der Waals surface area contributed by atoms with Crippen LogP contribution in [0, 0.1) is 3.57 Å². The van der Waals surface area contributed by atoms with Crippen molar-refractivity contribution < 1.29 is 4.79 Å². The summed E-state index contributed by atoms with van der Waals surface area (Å²) in [5.74, 6) is -0.249. The number of halogens is 1. The van der Waals surface area contributed by atoms with Crippen molar-refractivity contribution >= 4 is 68.9 Å². The zero-order valence-electron chi connectivity index (χ0n) is 10.3. The summed E-state index contributed by atoms with van der Waals surface area (Å²) in [6, 6.07) is 11.6. The maximum atomic E-state index is 11.7. The Labute approximate surface area is 140 Å². The third-order valence-electron chi connectivity index (χ3n) is 2.28. The molecule has 0 fully saturated rings. The second-order valence-electron chi connectivity index (χ2n) is 3.80. The lowest BCUT2D eigenvalue weighted by Gasteiger charge is -2.07. The molecule has 0 aliphatic rings. The van der Waals surface area contributed by atoms with Crippen molar-refractivity contribution in [3.8, 4) is 0 Å². The van der Waals surface area contributed by atoms with E-state index in [-0.39, 0.29) is 11.0 Å². The SMILES string of the molecule is O=C(/C=C/c1cccs1)NC(=S)Nc1ccc(I)cc1. The molecular formula is C14H11IN2OS2. The van der Waals surface area contributed by atoms with Crippen molar-refractivity contribution in [2.24, 2.45) is 0 Å². The molecule has 0 aliphatic heterocycles. The van der Waals surface area contributed by atoms with Gasteiger partial charge in [0.05, 0.1) is 0 Å². The first-order chi connectivity index (χ1) is 9.63. The molecule has 0 aliphatic carbocycles. The van der Waals surface area contributed by atoms with Crippen molar-refractivity contribution in [1.82, 2.24) is 5.32 Å². The fourth-order valence-electron chi connectivity index (χ4n) is 1.39.